The average Bonchev–Trinajstić information content (AvgIpc) is 3.11. The first kappa shape index (κ1) is 15.9. The van der Waals surface area contributed by atoms with Crippen molar-refractivity contribution in [1.29, 1.82) is 0 Å². The molecule has 0 radical (unpaired) electrons. The Kier molecular flexibility index (Phi) is 4.61. The second-order valence-corrected chi connectivity index (χ2v) is 6.44. The molecule has 0 aliphatic carbocycles. The summed E-state index contributed by atoms with van der Waals surface area (Å²) in [5.74, 6) is 2.41. The van der Waals surface area contributed by atoms with E-state index in [1.54, 1.807) is 6.92 Å². The lowest BCUT2D eigenvalue weighted by Gasteiger charge is -2.09. The normalized spacial score (nSPS) is 11.5. The largest absolute Gasteiger partial charge is 0.338 e. The number of aromatic nitrogens is 6. The van der Waals surface area contributed by atoms with E-state index in [1.807, 2.05) is 11.4 Å². The van der Waals surface area contributed by atoms with Crippen molar-refractivity contribution in [2.24, 2.45) is 0 Å². The van der Waals surface area contributed by atoms with Crippen LogP contribution in [0.3, 0.4) is 0 Å². The van der Waals surface area contributed by atoms with Crippen molar-refractivity contribution in [2.45, 2.75) is 57.9 Å². The van der Waals surface area contributed by atoms with Crippen molar-refractivity contribution < 1.29 is 4.52 Å². The third kappa shape index (κ3) is 3.36. The second-order valence-electron chi connectivity index (χ2n) is 5.49. The summed E-state index contributed by atoms with van der Waals surface area (Å²) in [5, 5.41) is 9.01. The first-order chi connectivity index (χ1) is 11.1. The molecule has 8 heteroatoms. The molecule has 0 unspecified atom stereocenters. The number of unbranched alkanes of at least 4 members (excludes halogenated alkanes) is 1. The molecule has 3 aromatic heterocycles. The maximum Gasteiger partial charge on any atom is 0.253 e. The third-order valence-corrected chi connectivity index (χ3v) is 4.53. The minimum atomic E-state index is 0.554. The number of fused-ring (bicyclic) bond motifs is 1. The van der Waals surface area contributed by atoms with Gasteiger partial charge in [-0.05, 0) is 39.2 Å². The lowest BCUT2D eigenvalue weighted by atomic mass is 10.1. The Morgan fingerprint density at radius 3 is 2.65 bits per heavy atom. The Hall–Kier alpha value is -1.96. The van der Waals surface area contributed by atoms with E-state index in [2.05, 4.69) is 39.1 Å². The lowest BCUT2D eigenvalue weighted by molar-refractivity contribution is 0.387. The zero-order valence-electron chi connectivity index (χ0n) is 13.8. The summed E-state index contributed by atoms with van der Waals surface area (Å²) in [7, 11) is 0. The van der Waals surface area contributed by atoms with Gasteiger partial charge in [-0.1, -0.05) is 30.3 Å². The molecule has 0 N–H and O–H groups in total. The summed E-state index contributed by atoms with van der Waals surface area (Å²) in [4.78, 5) is 13.3. The molecule has 0 saturated heterocycles. The van der Waals surface area contributed by atoms with Crippen LogP contribution in [0.5, 0.6) is 0 Å². The van der Waals surface area contributed by atoms with Gasteiger partial charge in [0.05, 0.1) is 5.75 Å². The van der Waals surface area contributed by atoms with Crippen molar-refractivity contribution in [1.82, 2.24) is 29.7 Å². The number of hydrogen-bond acceptors (Lipinski definition) is 7. The molecule has 23 heavy (non-hydrogen) atoms. The Bertz CT molecular complexity index is 825. The van der Waals surface area contributed by atoms with E-state index in [4.69, 9.17) is 4.52 Å². The summed E-state index contributed by atoms with van der Waals surface area (Å²) in [6.07, 6.45) is 3.35. The summed E-state index contributed by atoms with van der Waals surface area (Å²) < 4.78 is 6.94. The Morgan fingerprint density at radius 1 is 1.13 bits per heavy atom. The molecular weight excluding hydrogens is 312 g/mol. The standard InChI is InChI=1S/C15H20N6OS/c1-5-6-7-12-9(2)16-14-18-15(19-21(14)10(12)3)23-8-13-17-11(4)20-22-13/h5-8H2,1-4H3. The molecule has 0 atom stereocenters. The average molecular weight is 332 g/mol. The van der Waals surface area contributed by atoms with Crippen LogP contribution in [0.15, 0.2) is 9.68 Å². The van der Waals surface area contributed by atoms with E-state index in [0.717, 1.165) is 24.2 Å². The highest BCUT2D eigenvalue weighted by atomic mass is 32.2. The molecule has 0 spiro atoms. The van der Waals surface area contributed by atoms with Crippen molar-refractivity contribution in [3.05, 3.63) is 28.7 Å². The van der Waals surface area contributed by atoms with Gasteiger partial charge in [-0.2, -0.15) is 9.97 Å². The van der Waals surface area contributed by atoms with Crippen molar-refractivity contribution >= 4 is 17.5 Å². The highest BCUT2D eigenvalue weighted by Crippen LogP contribution is 2.21. The van der Waals surface area contributed by atoms with Gasteiger partial charge in [-0.25, -0.2) is 9.50 Å². The minimum absolute atomic E-state index is 0.554. The Morgan fingerprint density at radius 2 is 1.96 bits per heavy atom. The van der Waals surface area contributed by atoms with Crippen molar-refractivity contribution in [2.75, 3.05) is 0 Å². The van der Waals surface area contributed by atoms with Gasteiger partial charge in [0, 0.05) is 11.4 Å². The van der Waals surface area contributed by atoms with Crippen LogP contribution in [0.4, 0.5) is 0 Å². The minimum Gasteiger partial charge on any atom is -0.338 e. The third-order valence-electron chi connectivity index (χ3n) is 3.70. The molecule has 7 nitrogen and oxygen atoms in total. The molecule has 0 aliphatic rings. The number of rotatable bonds is 6. The zero-order valence-corrected chi connectivity index (χ0v) is 14.6. The van der Waals surface area contributed by atoms with Crippen molar-refractivity contribution in [3.63, 3.8) is 0 Å². The number of nitrogens with zero attached hydrogens (tertiary/aromatic N) is 6. The van der Waals surface area contributed by atoms with Gasteiger partial charge >= 0.3 is 0 Å². The number of aryl methyl sites for hydroxylation is 3. The van der Waals surface area contributed by atoms with Gasteiger partial charge in [0.15, 0.2) is 5.82 Å². The molecule has 0 saturated carbocycles. The summed E-state index contributed by atoms with van der Waals surface area (Å²) in [6.45, 7) is 8.12. The first-order valence-corrected chi connectivity index (χ1v) is 8.72. The van der Waals surface area contributed by atoms with Gasteiger partial charge in [0.25, 0.3) is 5.78 Å². The first-order valence-electron chi connectivity index (χ1n) is 7.73. The molecular formula is C15H20N6OS. The van der Waals surface area contributed by atoms with Crippen LogP contribution < -0.4 is 0 Å². The molecule has 0 bridgehead atoms. The maximum absolute atomic E-state index is 5.11. The van der Waals surface area contributed by atoms with Crippen LogP contribution in [-0.4, -0.2) is 29.7 Å². The van der Waals surface area contributed by atoms with Gasteiger partial charge < -0.3 is 4.52 Å². The zero-order chi connectivity index (χ0) is 16.4. The van der Waals surface area contributed by atoms with E-state index in [9.17, 15) is 0 Å². The molecule has 0 aliphatic heterocycles. The van der Waals surface area contributed by atoms with Crippen LogP contribution in [0, 0.1) is 20.8 Å². The maximum atomic E-state index is 5.11. The van der Waals surface area contributed by atoms with Gasteiger partial charge in [-0.3, -0.25) is 0 Å². The predicted octanol–water partition coefficient (Wildman–Crippen LogP) is 3.07. The lowest BCUT2D eigenvalue weighted by Crippen LogP contribution is -2.05. The van der Waals surface area contributed by atoms with E-state index >= 15 is 0 Å². The summed E-state index contributed by atoms with van der Waals surface area (Å²) >= 11 is 1.47. The fourth-order valence-corrected chi connectivity index (χ4v) is 3.15. The fourth-order valence-electron chi connectivity index (χ4n) is 2.49. The monoisotopic (exact) mass is 332 g/mol. The molecule has 3 heterocycles. The molecule has 0 amide bonds. The van der Waals surface area contributed by atoms with E-state index in [1.165, 1.54) is 23.7 Å². The molecule has 122 valence electrons. The molecule has 0 aromatic carbocycles. The van der Waals surface area contributed by atoms with Gasteiger partial charge in [-0.15, -0.1) is 5.10 Å². The van der Waals surface area contributed by atoms with Crippen LogP contribution in [-0.2, 0) is 12.2 Å². The highest BCUT2D eigenvalue weighted by molar-refractivity contribution is 7.98. The fraction of sp³-hybridized carbons (Fsp3) is 0.533. The van der Waals surface area contributed by atoms with Gasteiger partial charge in [0.2, 0.25) is 11.0 Å². The number of thioether (sulfide) groups is 1. The predicted molar refractivity (Wildman–Crippen MR) is 87.5 cm³/mol. The quantitative estimate of drug-likeness (QED) is 0.641. The molecule has 3 aromatic rings. The molecule has 3 rings (SSSR count). The van der Waals surface area contributed by atoms with Crippen LogP contribution in [0.1, 0.15) is 48.4 Å². The van der Waals surface area contributed by atoms with E-state index < -0.39 is 0 Å². The van der Waals surface area contributed by atoms with Crippen LogP contribution in [0.25, 0.3) is 5.78 Å². The van der Waals surface area contributed by atoms with Gasteiger partial charge in [0.1, 0.15) is 0 Å². The Balaban J connectivity index is 1.84. The highest BCUT2D eigenvalue weighted by Gasteiger charge is 2.14. The SMILES string of the molecule is CCCCc1c(C)nc2nc(SCc3nc(C)no3)nn2c1C. The van der Waals surface area contributed by atoms with Crippen molar-refractivity contribution in [3.8, 4) is 0 Å². The van der Waals surface area contributed by atoms with Crippen LogP contribution in [0.2, 0.25) is 0 Å². The van der Waals surface area contributed by atoms with Crippen LogP contribution >= 0.6 is 11.8 Å². The van der Waals surface area contributed by atoms with E-state index in [0.29, 0.717) is 28.4 Å². The Labute approximate surface area is 138 Å². The summed E-state index contributed by atoms with van der Waals surface area (Å²) in [6, 6.07) is 0. The topological polar surface area (TPSA) is 82.0 Å². The second kappa shape index (κ2) is 6.66. The smallest absolute Gasteiger partial charge is 0.253 e. The van der Waals surface area contributed by atoms with E-state index in [-0.39, 0.29) is 0 Å². The molecule has 0 fully saturated rings. The summed E-state index contributed by atoms with van der Waals surface area (Å²) in [5.41, 5.74) is 3.43. The number of hydrogen-bond donors (Lipinski definition) is 0.